The van der Waals surface area contributed by atoms with Crippen LogP contribution in [0.5, 0.6) is 0 Å². The average molecular weight is 546 g/mol. The maximum absolute atomic E-state index is 4.82. The molecule has 0 atom stereocenters. The Balaban J connectivity index is 1.65. The Morgan fingerprint density at radius 2 is 0.719 bits per heavy atom. The number of amidine groups is 2. The first-order chi connectivity index (χ1) is 15.9. The van der Waals surface area contributed by atoms with E-state index in [0.717, 1.165) is 11.1 Å². The van der Waals surface area contributed by atoms with Crippen molar-refractivity contribution in [2.75, 3.05) is 0 Å². The monoisotopic (exact) mass is 548 g/mol. The van der Waals surface area contributed by atoms with Crippen molar-refractivity contribution in [2.24, 2.45) is 18.2 Å². The quantitative estimate of drug-likeness (QED) is 0.151. The van der Waals surface area contributed by atoms with Gasteiger partial charge in [0.1, 0.15) is 0 Å². The number of azo groups is 1. The molecule has 0 saturated heterocycles. The zero-order valence-corrected chi connectivity index (χ0v) is 20.6. The molecule has 0 radical (unpaired) electrons. The molecular weight excluding hydrogens is 526 g/mol. The van der Waals surface area contributed by atoms with Crippen LogP contribution in [0.3, 0.4) is 0 Å². The summed E-state index contributed by atoms with van der Waals surface area (Å²) in [7, 11) is 0. The Morgan fingerprint density at radius 1 is 0.406 bits per heavy atom. The van der Waals surface area contributed by atoms with Gasteiger partial charge in [-0.3, -0.25) is 0 Å². The molecule has 0 heterocycles. The third-order valence-electron chi connectivity index (χ3n) is 4.26. The van der Waals surface area contributed by atoms with Crippen LogP contribution in [0.25, 0.3) is 0 Å². The predicted octanol–water partition coefficient (Wildman–Crippen LogP) is 4.22. The van der Waals surface area contributed by atoms with Crippen LogP contribution < -0.4 is 8.92 Å². The molecule has 32 heavy (non-hydrogen) atoms. The second-order valence-corrected chi connectivity index (χ2v) is 10.1. The van der Waals surface area contributed by atoms with Crippen LogP contribution in [0.15, 0.2) is 140 Å². The molecule has 4 rings (SSSR count). The van der Waals surface area contributed by atoms with Gasteiger partial charge >= 0.3 is 202 Å². The molecule has 0 saturated carbocycles. The van der Waals surface area contributed by atoms with E-state index in [1.807, 2.05) is 97.1 Å². The minimum absolute atomic E-state index is 0.0938. The molecule has 4 aromatic rings. The number of hydrogen-bond acceptors (Lipinski definition) is 2. The fourth-order valence-electron chi connectivity index (χ4n) is 2.68. The standard InChI is InChI=1S/C26H20N4Se2/c1-5-13-21(14-6-1)25(29-31-23-17-9-3-10-18-23)27-28-26(22-15-7-2-8-16-22)30-32-24-19-11-4-12-20-24/h1-20H/b28-27+,29-25-,30-26+. The van der Waals surface area contributed by atoms with Crippen LogP contribution >= 0.6 is 0 Å². The summed E-state index contributed by atoms with van der Waals surface area (Å²) >= 11 is -0.188. The molecule has 4 aromatic carbocycles. The van der Waals surface area contributed by atoms with Crippen molar-refractivity contribution in [3.05, 3.63) is 132 Å². The molecular formula is C26H20N4Se2. The maximum atomic E-state index is 4.82. The Hall–Kier alpha value is -3.14. The topological polar surface area (TPSA) is 49.4 Å². The van der Waals surface area contributed by atoms with Gasteiger partial charge in [0.15, 0.2) is 0 Å². The third-order valence-corrected chi connectivity index (χ3v) is 7.40. The molecule has 6 heteroatoms. The van der Waals surface area contributed by atoms with Crippen molar-refractivity contribution in [2.45, 2.75) is 0 Å². The molecule has 0 aliphatic carbocycles. The molecule has 156 valence electrons. The summed E-state index contributed by atoms with van der Waals surface area (Å²) in [6, 6.07) is 40.4. The summed E-state index contributed by atoms with van der Waals surface area (Å²) in [6.45, 7) is 0. The number of rotatable bonds is 6. The molecule has 0 unspecified atom stereocenters. The van der Waals surface area contributed by atoms with Crippen molar-refractivity contribution in [1.29, 1.82) is 0 Å². The molecule has 0 bridgehead atoms. The van der Waals surface area contributed by atoms with Gasteiger partial charge in [-0.15, -0.1) is 0 Å². The van der Waals surface area contributed by atoms with Crippen LogP contribution in [0, 0.1) is 0 Å². The fraction of sp³-hybridized carbons (Fsp3) is 0. The summed E-state index contributed by atoms with van der Waals surface area (Å²) in [4.78, 5) is 0. The molecule has 0 aliphatic heterocycles. The van der Waals surface area contributed by atoms with Gasteiger partial charge in [-0.05, 0) is 0 Å². The predicted molar refractivity (Wildman–Crippen MR) is 134 cm³/mol. The van der Waals surface area contributed by atoms with Crippen LogP contribution in [-0.4, -0.2) is 42.0 Å². The zero-order chi connectivity index (χ0) is 21.8. The summed E-state index contributed by atoms with van der Waals surface area (Å²) in [5.41, 5.74) is 1.88. The van der Waals surface area contributed by atoms with Gasteiger partial charge in [0, 0.05) is 0 Å². The fourth-order valence-corrected chi connectivity index (χ4v) is 5.25. The molecule has 0 spiro atoms. The Kier molecular flexibility index (Phi) is 8.30. The number of benzene rings is 4. The first-order valence-electron chi connectivity index (χ1n) is 10.0. The van der Waals surface area contributed by atoms with Crippen LogP contribution in [-0.2, 0) is 0 Å². The van der Waals surface area contributed by atoms with Crippen molar-refractivity contribution < 1.29 is 0 Å². The van der Waals surface area contributed by atoms with E-state index >= 15 is 0 Å². The van der Waals surface area contributed by atoms with Crippen LogP contribution in [0.2, 0.25) is 0 Å². The van der Waals surface area contributed by atoms with Gasteiger partial charge in [0.25, 0.3) is 0 Å². The van der Waals surface area contributed by atoms with E-state index in [2.05, 4.69) is 34.5 Å². The SMILES string of the molecule is c1ccc([Se]\N=C(/N=N/C(=N/[Se]c2ccccc2)c2ccccc2)c2ccccc2)cc1. The van der Waals surface area contributed by atoms with Crippen molar-refractivity contribution in [1.82, 2.24) is 0 Å². The van der Waals surface area contributed by atoms with E-state index in [4.69, 9.17) is 8.02 Å². The molecule has 0 fully saturated rings. The number of nitrogens with zero attached hydrogens (tertiary/aromatic N) is 4. The first kappa shape index (κ1) is 22.1. The molecule has 0 aromatic heterocycles. The summed E-state index contributed by atoms with van der Waals surface area (Å²) in [5, 5.41) is 9.14. The Morgan fingerprint density at radius 3 is 1.06 bits per heavy atom. The van der Waals surface area contributed by atoms with Crippen LogP contribution in [0.4, 0.5) is 0 Å². The molecule has 0 N–H and O–H groups in total. The average Bonchev–Trinajstić information content (AvgIpc) is 2.88. The third kappa shape index (κ3) is 6.68. The van der Waals surface area contributed by atoms with Gasteiger partial charge in [0.05, 0.1) is 0 Å². The minimum atomic E-state index is -0.0938. The van der Waals surface area contributed by atoms with Crippen molar-refractivity contribution in [3.63, 3.8) is 0 Å². The van der Waals surface area contributed by atoms with E-state index in [-0.39, 0.29) is 30.3 Å². The van der Waals surface area contributed by atoms with Crippen molar-refractivity contribution >= 4 is 50.9 Å². The zero-order valence-electron chi connectivity index (χ0n) is 17.2. The Bertz CT molecular complexity index is 1100. The molecule has 4 nitrogen and oxygen atoms in total. The molecule has 0 aliphatic rings. The normalized spacial score (nSPS) is 12.2. The van der Waals surface area contributed by atoms with Crippen molar-refractivity contribution in [3.8, 4) is 0 Å². The van der Waals surface area contributed by atoms with E-state index in [9.17, 15) is 0 Å². The van der Waals surface area contributed by atoms with E-state index < -0.39 is 0 Å². The van der Waals surface area contributed by atoms with Crippen LogP contribution in [0.1, 0.15) is 11.1 Å². The first-order valence-corrected chi connectivity index (χ1v) is 13.3. The van der Waals surface area contributed by atoms with Gasteiger partial charge in [-0.2, -0.15) is 0 Å². The Labute approximate surface area is 201 Å². The summed E-state index contributed by atoms with van der Waals surface area (Å²) in [5.74, 6) is 1.23. The van der Waals surface area contributed by atoms with Gasteiger partial charge in [-0.25, -0.2) is 0 Å². The second-order valence-electron chi connectivity index (χ2n) is 6.57. The second kappa shape index (κ2) is 12.0. The number of hydrogen-bond donors (Lipinski definition) is 0. The molecule has 0 amide bonds. The van der Waals surface area contributed by atoms with Gasteiger partial charge < -0.3 is 0 Å². The summed E-state index contributed by atoms with van der Waals surface area (Å²) < 4.78 is 12.0. The van der Waals surface area contributed by atoms with E-state index in [0.29, 0.717) is 11.7 Å². The van der Waals surface area contributed by atoms with Gasteiger partial charge in [0.2, 0.25) is 0 Å². The van der Waals surface area contributed by atoms with E-state index in [1.54, 1.807) is 0 Å². The van der Waals surface area contributed by atoms with Gasteiger partial charge in [-0.1, -0.05) is 0 Å². The summed E-state index contributed by atoms with van der Waals surface area (Å²) in [6.07, 6.45) is 0. The van der Waals surface area contributed by atoms with E-state index in [1.165, 1.54) is 8.92 Å².